The second-order valence-electron chi connectivity index (χ2n) is 8.66. The van der Waals surface area contributed by atoms with Crippen molar-refractivity contribution < 1.29 is 14.0 Å². The fraction of sp³-hybridized carbons (Fsp3) is 0.250. The molecule has 1 aliphatic heterocycles. The summed E-state index contributed by atoms with van der Waals surface area (Å²) in [5.41, 5.74) is 1.63. The summed E-state index contributed by atoms with van der Waals surface area (Å²) in [5, 5.41) is 0. The number of carbonyl (C=O) groups is 2. The van der Waals surface area contributed by atoms with Crippen molar-refractivity contribution in [1.29, 1.82) is 0 Å². The number of benzene rings is 2. The number of pyridine rings is 1. The summed E-state index contributed by atoms with van der Waals surface area (Å²) < 4.78 is 14.6. The molecule has 1 aromatic heterocycles. The van der Waals surface area contributed by atoms with E-state index >= 15 is 0 Å². The molecule has 0 aliphatic carbocycles. The van der Waals surface area contributed by atoms with Crippen molar-refractivity contribution in [2.45, 2.75) is 13.0 Å². The maximum Gasteiger partial charge on any atom is 0.253 e. The van der Waals surface area contributed by atoms with Gasteiger partial charge in [-0.05, 0) is 42.3 Å². The number of nitrogens with zero attached hydrogens (tertiary/aromatic N) is 3. The van der Waals surface area contributed by atoms with Crippen molar-refractivity contribution in [2.24, 2.45) is 0 Å². The fourth-order valence-corrected chi connectivity index (χ4v) is 4.17. The van der Waals surface area contributed by atoms with Crippen molar-refractivity contribution in [3.05, 3.63) is 112 Å². The van der Waals surface area contributed by atoms with Gasteiger partial charge in [0.1, 0.15) is 5.82 Å². The zero-order valence-corrected chi connectivity index (χ0v) is 19.6. The number of ketones is 1. The third kappa shape index (κ3) is 6.00. The van der Waals surface area contributed by atoms with E-state index in [1.54, 1.807) is 17.9 Å². The van der Waals surface area contributed by atoms with Crippen molar-refractivity contribution >= 4 is 17.8 Å². The Labute approximate surface area is 203 Å². The molecule has 3 aromatic rings. The Bertz CT molecular complexity index is 1260. The Morgan fingerprint density at radius 3 is 2.31 bits per heavy atom. The Kier molecular flexibility index (Phi) is 7.67. The lowest BCUT2D eigenvalue weighted by Gasteiger charge is -2.36. The highest BCUT2D eigenvalue weighted by Crippen LogP contribution is 2.19. The van der Waals surface area contributed by atoms with Gasteiger partial charge >= 0.3 is 0 Å². The largest absolute Gasteiger partial charge is 0.338 e. The molecule has 0 spiro atoms. The lowest BCUT2D eigenvalue weighted by molar-refractivity contribution is -0.135. The van der Waals surface area contributed by atoms with Crippen LogP contribution in [0.1, 0.15) is 27.5 Å². The average Bonchev–Trinajstić information content (AvgIpc) is 2.87. The van der Waals surface area contributed by atoms with Crippen LogP contribution in [0.2, 0.25) is 0 Å². The molecule has 35 heavy (non-hydrogen) atoms. The molecule has 2 aromatic carbocycles. The maximum atomic E-state index is 13.6. The Hall–Kier alpha value is -3.84. The van der Waals surface area contributed by atoms with Gasteiger partial charge in [0.25, 0.3) is 11.5 Å². The van der Waals surface area contributed by atoms with Gasteiger partial charge < -0.3 is 4.90 Å². The molecule has 1 saturated heterocycles. The molecule has 4 rings (SSSR count). The number of hydrogen-bond acceptors (Lipinski definition) is 4. The first kappa shape index (κ1) is 24.3. The van der Waals surface area contributed by atoms with Crippen LogP contribution in [0.4, 0.5) is 4.39 Å². The topological polar surface area (TPSA) is 62.6 Å². The number of hydrogen-bond donors (Lipinski definition) is 0. The molecular weight excluding hydrogens is 445 g/mol. The van der Waals surface area contributed by atoms with Gasteiger partial charge in [-0.1, -0.05) is 48.6 Å². The van der Waals surface area contributed by atoms with E-state index in [1.807, 2.05) is 30.3 Å². The van der Waals surface area contributed by atoms with Gasteiger partial charge in [-0.15, -0.1) is 0 Å². The lowest BCUT2D eigenvalue weighted by atomic mass is 10.0. The van der Waals surface area contributed by atoms with Crippen LogP contribution in [0.3, 0.4) is 0 Å². The SMILES string of the molecule is Cc1ccc(=O)n([C@@H](C(=O)c2ccc(F)cc2)C(=O)N2CCN(C/C=C/c3ccccc3)CC2)c1. The van der Waals surface area contributed by atoms with E-state index < -0.39 is 29.1 Å². The molecule has 2 heterocycles. The fourth-order valence-electron chi connectivity index (χ4n) is 4.17. The Morgan fingerprint density at radius 1 is 0.943 bits per heavy atom. The third-order valence-electron chi connectivity index (χ3n) is 6.13. The minimum atomic E-state index is -1.34. The van der Waals surface area contributed by atoms with Crippen molar-refractivity contribution in [3.63, 3.8) is 0 Å². The van der Waals surface area contributed by atoms with Crippen LogP contribution in [0, 0.1) is 12.7 Å². The number of Topliss-reactive ketones (excluding diaryl/α,β-unsaturated/α-hetero) is 1. The first-order valence-electron chi connectivity index (χ1n) is 11.6. The minimum Gasteiger partial charge on any atom is -0.338 e. The second kappa shape index (κ2) is 11.1. The zero-order chi connectivity index (χ0) is 24.8. The van der Waals surface area contributed by atoms with Crippen molar-refractivity contribution in [2.75, 3.05) is 32.7 Å². The molecule has 1 atom stereocenters. The first-order chi connectivity index (χ1) is 16.9. The van der Waals surface area contributed by atoms with Crippen LogP contribution in [0.25, 0.3) is 6.08 Å². The van der Waals surface area contributed by atoms with E-state index in [-0.39, 0.29) is 5.56 Å². The number of aromatic nitrogens is 1. The van der Waals surface area contributed by atoms with Crippen LogP contribution in [0.15, 0.2) is 83.8 Å². The van der Waals surface area contributed by atoms with Crippen molar-refractivity contribution in [3.8, 4) is 0 Å². The Balaban J connectivity index is 1.49. The van der Waals surface area contributed by atoms with E-state index in [4.69, 9.17) is 0 Å². The van der Waals surface area contributed by atoms with Gasteiger partial charge in [0.15, 0.2) is 11.8 Å². The summed E-state index contributed by atoms with van der Waals surface area (Å²) in [5.74, 6) is -1.43. The van der Waals surface area contributed by atoms with Crippen LogP contribution in [-0.2, 0) is 4.79 Å². The van der Waals surface area contributed by atoms with Crippen LogP contribution in [-0.4, -0.2) is 58.8 Å². The monoisotopic (exact) mass is 473 g/mol. The molecule has 6 nitrogen and oxygen atoms in total. The van der Waals surface area contributed by atoms with Gasteiger partial charge in [0.2, 0.25) is 0 Å². The number of halogens is 1. The van der Waals surface area contributed by atoms with Crippen molar-refractivity contribution in [1.82, 2.24) is 14.4 Å². The van der Waals surface area contributed by atoms with E-state index in [0.717, 1.165) is 17.7 Å². The van der Waals surface area contributed by atoms with Crippen LogP contribution >= 0.6 is 0 Å². The summed E-state index contributed by atoms with van der Waals surface area (Å²) in [6.07, 6.45) is 5.69. The smallest absolute Gasteiger partial charge is 0.253 e. The molecule has 7 heteroatoms. The van der Waals surface area contributed by atoms with Gasteiger partial charge in [0.05, 0.1) is 0 Å². The molecular formula is C28H28FN3O3. The second-order valence-corrected chi connectivity index (χ2v) is 8.66. The molecule has 0 radical (unpaired) electrons. The zero-order valence-electron chi connectivity index (χ0n) is 19.6. The number of amides is 1. The standard InChI is InChI=1S/C28H28FN3O3/c1-21-9-14-25(33)32(20-21)26(27(34)23-10-12-24(29)13-11-23)28(35)31-18-16-30(17-19-31)15-5-8-22-6-3-2-4-7-22/h2-14,20,26H,15-19H2,1H3/b8-5+/t26-/m0/s1. The molecule has 0 N–H and O–H groups in total. The highest BCUT2D eigenvalue weighted by atomic mass is 19.1. The normalized spacial score (nSPS) is 15.3. The molecule has 1 aliphatic rings. The first-order valence-corrected chi connectivity index (χ1v) is 11.6. The van der Waals surface area contributed by atoms with Crippen LogP contribution in [0.5, 0.6) is 0 Å². The minimum absolute atomic E-state index is 0.183. The van der Waals surface area contributed by atoms with Gasteiger partial charge in [-0.2, -0.15) is 0 Å². The summed E-state index contributed by atoms with van der Waals surface area (Å²) in [7, 11) is 0. The quantitative estimate of drug-likeness (QED) is 0.389. The average molecular weight is 474 g/mol. The number of carbonyl (C=O) groups excluding carboxylic acids is 2. The molecule has 1 amide bonds. The van der Waals surface area contributed by atoms with E-state index in [9.17, 15) is 18.8 Å². The van der Waals surface area contributed by atoms with Gasteiger partial charge in [-0.3, -0.25) is 23.9 Å². The highest BCUT2D eigenvalue weighted by molar-refractivity contribution is 6.11. The molecule has 0 saturated carbocycles. The molecule has 0 unspecified atom stereocenters. The number of piperazine rings is 1. The summed E-state index contributed by atoms with van der Waals surface area (Å²) in [6.45, 7) is 4.77. The van der Waals surface area contributed by atoms with Gasteiger partial charge in [-0.25, -0.2) is 4.39 Å². The molecule has 180 valence electrons. The predicted molar refractivity (Wildman–Crippen MR) is 134 cm³/mol. The summed E-state index contributed by atoms with van der Waals surface area (Å²) in [6, 6.07) is 16.7. The summed E-state index contributed by atoms with van der Waals surface area (Å²) >= 11 is 0. The maximum absolute atomic E-state index is 13.6. The Morgan fingerprint density at radius 2 is 1.63 bits per heavy atom. The molecule has 1 fully saturated rings. The lowest BCUT2D eigenvalue weighted by Crippen LogP contribution is -2.52. The van der Waals surface area contributed by atoms with E-state index in [1.165, 1.54) is 41.1 Å². The van der Waals surface area contributed by atoms with Crippen LogP contribution < -0.4 is 5.56 Å². The predicted octanol–water partition coefficient (Wildman–Crippen LogP) is 3.58. The van der Waals surface area contributed by atoms with E-state index in [2.05, 4.69) is 17.1 Å². The highest BCUT2D eigenvalue weighted by Gasteiger charge is 2.35. The van der Waals surface area contributed by atoms with Gasteiger partial charge in [0, 0.05) is 50.6 Å². The third-order valence-corrected chi connectivity index (χ3v) is 6.13. The van der Waals surface area contributed by atoms with E-state index in [0.29, 0.717) is 26.2 Å². The number of aryl methyl sites for hydroxylation is 1. The number of rotatable bonds is 7. The summed E-state index contributed by atoms with van der Waals surface area (Å²) in [4.78, 5) is 43.5. The molecule has 0 bridgehead atoms.